The molecular formula is C17H26O4. The molecule has 4 heteroatoms. The fourth-order valence-corrected chi connectivity index (χ4v) is 3.02. The topological polar surface area (TPSA) is 55.8 Å². The second-order valence-electron chi connectivity index (χ2n) is 5.98. The molecule has 1 heterocycles. The normalized spacial score (nSPS) is 27.2. The predicted octanol–water partition coefficient (Wildman–Crippen LogP) is 3.19. The van der Waals surface area contributed by atoms with Crippen molar-refractivity contribution in [3.05, 3.63) is 24.3 Å². The molecule has 1 aliphatic carbocycles. The largest absolute Gasteiger partial charge is 0.478 e. The number of carboxylic acids is 1. The summed E-state index contributed by atoms with van der Waals surface area (Å²) in [7, 11) is 0. The number of allylic oxidation sites excluding steroid dienone is 3. The highest BCUT2D eigenvalue weighted by atomic mass is 16.5. The second kappa shape index (κ2) is 9.00. The van der Waals surface area contributed by atoms with Gasteiger partial charge in [0.25, 0.3) is 0 Å². The minimum Gasteiger partial charge on any atom is -0.478 e. The Morgan fingerprint density at radius 2 is 1.90 bits per heavy atom. The average Bonchev–Trinajstić information content (AvgIpc) is 3.11. The Kier molecular flexibility index (Phi) is 6.96. The number of carbonyl (C=O) groups is 1. The maximum Gasteiger partial charge on any atom is 0.327 e. The van der Waals surface area contributed by atoms with E-state index >= 15 is 0 Å². The summed E-state index contributed by atoms with van der Waals surface area (Å²) in [5, 5.41) is 8.48. The summed E-state index contributed by atoms with van der Waals surface area (Å²) >= 11 is 0. The molecule has 118 valence electrons. The van der Waals surface area contributed by atoms with Crippen molar-refractivity contribution in [3.8, 4) is 0 Å². The lowest BCUT2D eigenvalue weighted by molar-refractivity contribution is -0.131. The number of hydrogen-bond acceptors (Lipinski definition) is 3. The third kappa shape index (κ3) is 6.02. The van der Waals surface area contributed by atoms with Crippen molar-refractivity contribution in [2.24, 2.45) is 11.8 Å². The molecule has 1 saturated heterocycles. The molecule has 0 amide bonds. The molecule has 0 spiro atoms. The van der Waals surface area contributed by atoms with E-state index in [-0.39, 0.29) is 0 Å². The molecule has 1 aliphatic heterocycles. The summed E-state index contributed by atoms with van der Waals surface area (Å²) in [6.07, 6.45) is 14.2. The highest BCUT2D eigenvalue weighted by Crippen LogP contribution is 2.27. The zero-order valence-corrected chi connectivity index (χ0v) is 12.6. The Morgan fingerprint density at radius 3 is 2.67 bits per heavy atom. The lowest BCUT2D eigenvalue weighted by atomic mass is 9.93. The van der Waals surface area contributed by atoms with E-state index in [1.54, 1.807) is 6.08 Å². The van der Waals surface area contributed by atoms with Gasteiger partial charge < -0.3 is 14.6 Å². The van der Waals surface area contributed by atoms with Gasteiger partial charge in [0.2, 0.25) is 0 Å². The molecular weight excluding hydrogens is 268 g/mol. The van der Waals surface area contributed by atoms with Gasteiger partial charge in [-0.25, -0.2) is 4.79 Å². The van der Waals surface area contributed by atoms with Crippen LogP contribution in [0.2, 0.25) is 0 Å². The Hall–Kier alpha value is -1.13. The molecule has 2 aliphatic rings. The van der Waals surface area contributed by atoms with Gasteiger partial charge in [-0.1, -0.05) is 31.1 Å². The van der Waals surface area contributed by atoms with E-state index < -0.39 is 5.97 Å². The van der Waals surface area contributed by atoms with Crippen molar-refractivity contribution in [2.75, 3.05) is 19.8 Å². The SMILES string of the molecule is O=C(O)/C=C\CC=CC[C@@H]1COC[C@@H]1COC1CCCC1. The molecule has 0 unspecified atom stereocenters. The lowest BCUT2D eigenvalue weighted by Crippen LogP contribution is -2.21. The molecule has 0 radical (unpaired) electrons. The zero-order chi connectivity index (χ0) is 14.9. The first kappa shape index (κ1) is 16.2. The van der Waals surface area contributed by atoms with Crippen LogP contribution in [-0.2, 0) is 14.3 Å². The van der Waals surface area contributed by atoms with Crippen LogP contribution in [0.25, 0.3) is 0 Å². The number of aliphatic carboxylic acids is 1. The molecule has 2 fully saturated rings. The van der Waals surface area contributed by atoms with Gasteiger partial charge >= 0.3 is 5.97 Å². The van der Waals surface area contributed by atoms with E-state index in [4.69, 9.17) is 14.6 Å². The summed E-state index contributed by atoms with van der Waals surface area (Å²) in [6.45, 7) is 2.44. The monoisotopic (exact) mass is 294 g/mol. The van der Waals surface area contributed by atoms with E-state index in [1.165, 1.54) is 31.8 Å². The molecule has 1 N–H and O–H groups in total. The average molecular weight is 294 g/mol. The number of rotatable bonds is 8. The van der Waals surface area contributed by atoms with Crippen LogP contribution in [0.15, 0.2) is 24.3 Å². The van der Waals surface area contributed by atoms with Gasteiger partial charge in [0.1, 0.15) is 0 Å². The molecule has 0 aromatic heterocycles. The maximum absolute atomic E-state index is 10.3. The van der Waals surface area contributed by atoms with Crippen LogP contribution < -0.4 is 0 Å². The van der Waals surface area contributed by atoms with Gasteiger partial charge in [-0.3, -0.25) is 0 Å². The van der Waals surface area contributed by atoms with Gasteiger partial charge in [0, 0.05) is 12.0 Å². The first-order valence-corrected chi connectivity index (χ1v) is 7.99. The van der Waals surface area contributed by atoms with Crippen molar-refractivity contribution >= 4 is 5.97 Å². The quantitative estimate of drug-likeness (QED) is 0.552. The molecule has 0 aromatic carbocycles. The highest BCUT2D eigenvalue weighted by molar-refractivity contribution is 5.79. The van der Waals surface area contributed by atoms with Crippen molar-refractivity contribution in [1.29, 1.82) is 0 Å². The van der Waals surface area contributed by atoms with Gasteiger partial charge in [-0.05, 0) is 31.6 Å². The minimum absolute atomic E-state index is 0.475. The zero-order valence-electron chi connectivity index (χ0n) is 12.6. The molecule has 2 rings (SSSR count). The third-order valence-corrected chi connectivity index (χ3v) is 4.32. The molecule has 0 bridgehead atoms. The third-order valence-electron chi connectivity index (χ3n) is 4.32. The molecule has 0 aromatic rings. The minimum atomic E-state index is -0.892. The Bertz CT molecular complexity index is 369. The van der Waals surface area contributed by atoms with Crippen molar-refractivity contribution in [2.45, 2.75) is 44.6 Å². The first-order chi connectivity index (χ1) is 10.3. The van der Waals surface area contributed by atoms with Gasteiger partial charge in [0.15, 0.2) is 0 Å². The van der Waals surface area contributed by atoms with Crippen LogP contribution >= 0.6 is 0 Å². The lowest BCUT2D eigenvalue weighted by Gasteiger charge is -2.19. The molecule has 21 heavy (non-hydrogen) atoms. The fraction of sp³-hybridized carbons (Fsp3) is 0.706. The summed E-state index contributed by atoms with van der Waals surface area (Å²) < 4.78 is 11.6. The van der Waals surface area contributed by atoms with Gasteiger partial charge in [0.05, 0.1) is 25.9 Å². The second-order valence-corrected chi connectivity index (χ2v) is 5.98. The maximum atomic E-state index is 10.3. The van der Waals surface area contributed by atoms with E-state index in [9.17, 15) is 4.79 Å². The van der Waals surface area contributed by atoms with E-state index in [1.807, 2.05) is 6.08 Å². The summed E-state index contributed by atoms with van der Waals surface area (Å²) in [6, 6.07) is 0. The van der Waals surface area contributed by atoms with Gasteiger partial charge in [-0.2, -0.15) is 0 Å². The fourth-order valence-electron chi connectivity index (χ4n) is 3.02. The highest BCUT2D eigenvalue weighted by Gasteiger charge is 2.28. The molecule has 1 saturated carbocycles. The Labute approximate surface area is 126 Å². The number of hydrogen-bond donors (Lipinski definition) is 1. The van der Waals surface area contributed by atoms with Crippen LogP contribution in [0.1, 0.15) is 38.5 Å². The standard InChI is InChI=1S/C17H26O4/c18-17(19)10-4-2-1-3-7-14-11-20-12-15(14)13-21-16-8-5-6-9-16/h1,3-4,10,14-16H,2,5-9,11-13H2,(H,18,19)/b3-1?,10-4-/t14-,15-/m1/s1. The number of carboxylic acid groups (broad SMARTS) is 1. The molecule has 2 atom stereocenters. The van der Waals surface area contributed by atoms with Crippen molar-refractivity contribution in [1.82, 2.24) is 0 Å². The van der Waals surface area contributed by atoms with Crippen LogP contribution in [0.3, 0.4) is 0 Å². The van der Waals surface area contributed by atoms with Gasteiger partial charge in [-0.15, -0.1) is 0 Å². The van der Waals surface area contributed by atoms with Crippen molar-refractivity contribution < 1.29 is 19.4 Å². The van der Waals surface area contributed by atoms with E-state index in [0.717, 1.165) is 26.2 Å². The summed E-state index contributed by atoms with van der Waals surface area (Å²) in [5.41, 5.74) is 0. The van der Waals surface area contributed by atoms with Crippen LogP contribution in [0, 0.1) is 11.8 Å². The van der Waals surface area contributed by atoms with E-state index in [2.05, 4.69) is 6.08 Å². The Balaban J connectivity index is 1.64. The predicted molar refractivity (Wildman–Crippen MR) is 81.2 cm³/mol. The Morgan fingerprint density at radius 1 is 1.14 bits per heavy atom. The smallest absolute Gasteiger partial charge is 0.327 e. The van der Waals surface area contributed by atoms with Crippen molar-refractivity contribution in [3.63, 3.8) is 0 Å². The van der Waals surface area contributed by atoms with Crippen LogP contribution in [-0.4, -0.2) is 37.0 Å². The molecule has 4 nitrogen and oxygen atoms in total. The first-order valence-electron chi connectivity index (χ1n) is 7.99. The van der Waals surface area contributed by atoms with Crippen LogP contribution in [0.4, 0.5) is 0 Å². The van der Waals surface area contributed by atoms with Crippen LogP contribution in [0.5, 0.6) is 0 Å². The summed E-state index contributed by atoms with van der Waals surface area (Å²) in [4.78, 5) is 10.3. The summed E-state index contributed by atoms with van der Waals surface area (Å²) in [5.74, 6) is 0.146. The van der Waals surface area contributed by atoms with E-state index in [0.29, 0.717) is 24.4 Å². The number of ether oxygens (including phenoxy) is 2.